The third-order valence-electron chi connectivity index (χ3n) is 2.11. The van der Waals surface area contributed by atoms with Gasteiger partial charge in [0.15, 0.2) is 0 Å². The molecule has 16 heavy (non-hydrogen) atoms. The minimum atomic E-state index is -0.212. The Morgan fingerprint density at radius 1 is 1.69 bits per heavy atom. The summed E-state index contributed by atoms with van der Waals surface area (Å²) in [5.41, 5.74) is 5.79. The van der Waals surface area contributed by atoms with Gasteiger partial charge in [0.2, 0.25) is 0 Å². The first-order valence-electron chi connectivity index (χ1n) is 5.00. The Bertz CT molecular complexity index is 384. The van der Waals surface area contributed by atoms with Gasteiger partial charge in [-0.05, 0) is 6.07 Å². The molecular formula is C10H15N3O3. The van der Waals surface area contributed by atoms with Gasteiger partial charge in [0.05, 0.1) is 11.8 Å². The number of nitrogens with zero attached hydrogens (tertiary/aromatic N) is 1. The second kappa shape index (κ2) is 5.79. The lowest BCUT2D eigenvalue weighted by Crippen LogP contribution is -2.28. The first kappa shape index (κ1) is 12.1. The zero-order chi connectivity index (χ0) is 12.0. The first-order valence-corrected chi connectivity index (χ1v) is 5.00. The largest absolute Gasteiger partial charge is 0.469 e. The van der Waals surface area contributed by atoms with E-state index in [9.17, 15) is 4.79 Å². The number of furan rings is 1. The van der Waals surface area contributed by atoms with Crippen LogP contribution >= 0.6 is 0 Å². The standard InChI is InChI=1S/C10H15N3O3/c1-2-8-7(4-6-16-8)10(14)12-5-3-9(11)13-15/h4,6,15H,2-3,5H2,1H3,(H2,11,13)(H,12,14). The lowest BCUT2D eigenvalue weighted by atomic mass is 10.2. The molecule has 6 heteroatoms. The average molecular weight is 225 g/mol. The van der Waals surface area contributed by atoms with Crippen molar-refractivity contribution in [3.05, 3.63) is 23.7 Å². The molecule has 6 nitrogen and oxygen atoms in total. The number of rotatable bonds is 5. The van der Waals surface area contributed by atoms with Crippen LogP contribution in [-0.2, 0) is 6.42 Å². The Morgan fingerprint density at radius 2 is 2.44 bits per heavy atom. The Labute approximate surface area is 93.1 Å². The second-order valence-corrected chi connectivity index (χ2v) is 3.21. The van der Waals surface area contributed by atoms with Crippen molar-refractivity contribution in [1.29, 1.82) is 0 Å². The van der Waals surface area contributed by atoms with Gasteiger partial charge in [-0.25, -0.2) is 0 Å². The molecule has 0 spiro atoms. The highest BCUT2D eigenvalue weighted by Crippen LogP contribution is 2.10. The van der Waals surface area contributed by atoms with Crippen molar-refractivity contribution in [2.45, 2.75) is 19.8 Å². The number of amides is 1. The number of carbonyl (C=O) groups is 1. The SMILES string of the molecule is CCc1occc1C(=O)NCC/C(N)=N/O. The van der Waals surface area contributed by atoms with Crippen LogP contribution in [0.15, 0.2) is 21.9 Å². The molecule has 0 aliphatic carbocycles. The highest BCUT2D eigenvalue weighted by Gasteiger charge is 2.12. The monoisotopic (exact) mass is 225 g/mol. The number of nitrogens with one attached hydrogen (secondary N) is 1. The molecule has 0 unspecified atom stereocenters. The number of aryl methyl sites for hydroxylation is 1. The fourth-order valence-electron chi connectivity index (χ4n) is 1.27. The van der Waals surface area contributed by atoms with Crippen molar-refractivity contribution in [1.82, 2.24) is 5.32 Å². The van der Waals surface area contributed by atoms with Gasteiger partial charge >= 0.3 is 0 Å². The third-order valence-corrected chi connectivity index (χ3v) is 2.11. The minimum Gasteiger partial charge on any atom is -0.469 e. The van der Waals surface area contributed by atoms with Crippen molar-refractivity contribution >= 4 is 11.7 Å². The predicted octanol–water partition coefficient (Wildman–Crippen LogP) is 0.708. The molecule has 1 amide bonds. The molecule has 88 valence electrons. The van der Waals surface area contributed by atoms with Gasteiger partial charge < -0.3 is 20.7 Å². The van der Waals surface area contributed by atoms with Crippen LogP contribution < -0.4 is 11.1 Å². The summed E-state index contributed by atoms with van der Waals surface area (Å²) >= 11 is 0. The molecule has 0 bridgehead atoms. The molecule has 1 rings (SSSR count). The van der Waals surface area contributed by atoms with Gasteiger partial charge in [0.25, 0.3) is 5.91 Å². The molecule has 0 radical (unpaired) electrons. The van der Waals surface area contributed by atoms with Crippen molar-refractivity contribution in [2.24, 2.45) is 10.9 Å². The van der Waals surface area contributed by atoms with Gasteiger partial charge in [-0.2, -0.15) is 0 Å². The summed E-state index contributed by atoms with van der Waals surface area (Å²) in [5, 5.41) is 13.8. The van der Waals surface area contributed by atoms with Gasteiger partial charge in [0.1, 0.15) is 11.6 Å². The fourth-order valence-corrected chi connectivity index (χ4v) is 1.27. The van der Waals surface area contributed by atoms with Crippen molar-refractivity contribution in [3.8, 4) is 0 Å². The predicted molar refractivity (Wildman–Crippen MR) is 58.4 cm³/mol. The van der Waals surface area contributed by atoms with E-state index in [2.05, 4.69) is 10.5 Å². The molecule has 0 aliphatic rings. The van der Waals surface area contributed by atoms with Crippen molar-refractivity contribution < 1.29 is 14.4 Å². The summed E-state index contributed by atoms with van der Waals surface area (Å²) < 4.78 is 5.13. The van der Waals surface area contributed by atoms with Crippen LogP contribution in [0.5, 0.6) is 0 Å². The molecule has 1 heterocycles. The number of nitrogens with two attached hydrogens (primary N) is 1. The summed E-state index contributed by atoms with van der Waals surface area (Å²) in [4.78, 5) is 11.6. The summed E-state index contributed by atoms with van der Waals surface area (Å²) in [6, 6.07) is 1.62. The van der Waals surface area contributed by atoms with E-state index in [0.29, 0.717) is 30.7 Å². The number of carbonyl (C=O) groups excluding carboxylic acids is 1. The number of oxime groups is 1. The van der Waals surface area contributed by atoms with E-state index in [4.69, 9.17) is 15.4 Å². The van der Waals surface area contributed by atoms with Gasteiger partial charge in [-0.3, -0.25) is 4.79 Å². The van der Waals surface area contributed by atoms with Gasteiger partial charge in [0, 0.05) is 19.4 Å². The number of amidine groups is 1. The minimum absolute atomic E-state index is 0.0863. The molecular weight excluding hydrogens is 210 g/mol. The zero-order valence-electron chi connectivity index (χ0n) is 9.06. The maximum absolute atomic E-state index is 11.6. The van der Waals surface area contributed by atoms with E-state index < -0.39 is 0 Å². The molecule has 0 aliphatic heterocycles. The van der Waals surface area contributed by atoms with Crippen LogP contribution in [0.1, 0.15) is 29.5 Å². The lowest BCUT2D eigenvalue weighted by molar-refractivity contribution is 0.0952. The van der Waals surface area contributed by atoms with E-state index in [-0.39, 0.29) is 11.7 Å². The Morgan fingerprint density at radius 3 is 3.06 bits per heavy atom. The second-order valence-electron chi connectivity index (χ2n) is 3.21. The van der Waals surface area contributed by atoms with Gasteiger partial charge in [-0.1, -0.05) is 12.1 Å². The smallest absolute Gasteiger partial charge is 0.254 e. The summed E-state index contributed by atoms with van der Waals surface area (Å²) in [7, 11) is 0. The third kappa shape index (κ3) is 3.01. The molecule has 4 N–H and O–H groups in total. The summed E-state index contributed by atoms with van der Waals surface area (Å²) in [6.07, 6.45) is 2.45. The van der Waals surface area contributed by atoms with E-state index in [1.165, 1.54) is 6.26 Å². The molecule has 0 saturated heterocycles. The van der Waals surface area contributed by atoms with Crippen LogP contribution in [-0.4, -0.2) is 23.5 Å². The van der Waals surface area contributed by atoms with Crippen molar-refractivity contribution in [3.63, 3.8) is 0 Å². The Balaban J connectivity index is 2.47. The van der Waals surface area contributed by atoms with Crippen LogP contribution in [0.3, 0.4) is 0 Å². The van der Waals surface area contributed by atoms with Crippen LogP contribution in [0.4, 0.5) is 0 Å². The highest BCUT2D eigenvalue weighted by atomic mass is 16.4. The topological polar surface area (TPSA) is 101 Å². The molecule has 1 aromatic heterocycles. The molecule has 0 atom stereocenters. The summed E-state index contributed by atoms with van der Waals surface area (Å²) in [5.74, 6) is 0.529. The first-order chi connectivity index (χ1) is 7.69. The Kier molecular flexibility index (Phi) is 4.38. The highest BCUT2D eigenvalue weighted by molar-refractivity contribution is 5.95. The average Bonchev–Trinajstić information content (AvgIpc) is 2.76. The maximum atomic E-state index is 11.6. The lowest BCUT2D eigenvalue weighted by Gasteiger charge is -2.03. The van der Waals surface area contributed by atoms with E-state index >= 15 is 0 Å². The molecule has 0 aromatic carbocycles. The summed E-state index contributed by atoms with van der Waals surface area (Å²) in [6.45, 7) is 2.23. The van der Waals surface area contributed by atoms with Crippen molar-refractivity contribution in [2.75, 3.05) is 6.54 Å². The van der Waals surface area contributed by atoms with E-state index in [0.717, 1.165) is 0 Å². The Hall–Kier alpha value is -1.98. The molecule has 0 saturated carbocycles. The van der Waals surface area contributed by atoms with Crippen LogP contribution in [0.25, 0.3) is 0 Å². The normalized spacial score (nSPS) is 11.4. The zero-order valence-corrected chi connectivity index (χ0v) is 9.06. The molecule has 0 fully saturated rings. The van der Waals surface area contributed by atoms with Crippen LogP contribution in [0, 0.1) is 0 Å². The maximum Gasteiger partial charge on any atom is 0.254 e. The fraction of sp³-hybridized carbons (Fsp3) is 0.400. The van der Waals surface area contributed by atoms with Crippen LogP contribution in [0.2, 0.25) is 0 Å². The van der Waals surface area contributed by atoms with Gasteiger partial charge in [-0.15, -0.1) is 0 Å². The molecule has 1 aromatic rings. The van der Waals surface area contributed by atoms with E-state index in [1.54, 1.807) is 6.07 Å². The quantitative estimate of drug-likeness (QED) is 0.297. The number of hydrogen-bond donors (Lipinski definition) is 3. The number of hydrogen-bond acceptors (Lipinski definition) is 4. The van der Waals surface area contributed by atoms with E-state index in [1.807, 2.05) is 6.92 Å².